The van der Waals surface area contributed by atoms with Gasteiger partial charge in [-0.1, -0.05) is 6.07 Å². The first-order chi connectivity index (χ1) is 9.60. The van der Waals surface area contributed by atoms with Gasteiger partial charge in [-0.25, -0.2) is 0 Å². The van der Waals surface area contributed by atoms with Crippen molar-refractivity contribution in [2.45, 2.75) is 0 Å². The molecule has 1 N–H and O–H groups in total. The second-order valence-electron chi connectivity index (χ2n) is 3.96. The van der Waals surface area contributed by atoms with Crippen LogP contribution in [0.1, 0.15) is 5.56 Å². The van der Waals surface area contributed by atoms with Crippen molar-refractivity contribution in [3.8, 4) is 11.5 Å². The number of non-ortho nitro benzene ring substituents is 1. The average molecular weight is 272 g/mol. The smallest absolute Gasteiger partial charge is 0.271 e. The maximum Gasteiger partial charge on any atom is 0.271 e. The zero-order valence-electron chi connectivity index (χ0n) is 10.7. The fraction of sp³-hybridized carbons (Fsp3) is 0.0714. The third kappa shape index (κ3) is 3.11. The Bertz CT molecular complexity index is 668. The van der Waals surface area contributed by atoms with Crippen LogP contribution in [0.3, 0.4) is 0 Å². The molecular weight excluding hydrogens is 260 g/mol. The average Bonchev–Trinajstić information content (AvgIpc) is 2.46. The van der Waals surface area contributed by atoms with Crippen LogP contribution in [0.4, 0.5) is 11.4 Å². The summed E-state index contributed by atoms with van der Waals surface area (Å²) >= 11 is 0. The molecule has 2 rings (SSSR count). The fourth-order valence-corrected chi connectivity index (χ4v) is 1.59. The Kier molecular flexibility index (Phi) is 3.95. The van der Waals surface area contributed by atoms with Crippen LogP contribution in [0.25, 0.3) is 0 Å². The van der Waals surface area contributed by atoms with E-state index in [0.717, 1.165) is 0 Å². The number of nitro groups is 1. The Morgan fingerprint density at radius 2 is 2.10 bits per heavy atom. The first-order valence-electron chi connectivity index (χ1n) is 5.75. The number of ether oxygens (including phenoxy) is 1. The Morgan fingerprint density at radius 3 is 2.75 bits per heavy atom. The van der Waals surface area contributed by atoms with Crippen LogP contribution in [0.15, 0.2) is 47.5 Å². The number of rotatable bonds is 4. The molecule has 0 aromatic heterocycles. The molecular formula is C14H12N2O4. The van der Waals surface area contributed by atoms with E-state index in [1.807, 2.05) is 0 Å². The number of phenolic OH excluding ortho intramolecular Hbond substituents is 1. The summed E-state index contributed by atoms with van der Waals surface area (Å²) in [5, 5.41) is 20.4. The van der Waals surface area contributed by atoms with Gasteiger partial charge in [-0.05, 0) is 18.2 Å². The van der Waals surface area contributed by atoms with E-state index >= 15 is 0 Å². The number of aromatic hydroxyl groups is 1. The standard InChI is InChI=1S/C14H12N2O4/c1-20-13-6-5-10(14(17)8-13)9-15-11-3-2-4-12(7-11)16(18)19/h2-9,17H,1H3. The molecule has 20 heavy (non-hydrogen) atoms. The van der Waals surface area contributed by atoms with Gasteiger partial charge < -0.3 is 9.84 Å². The SMILES string of the molecule is COc1ccc(C=Nc2cccc([N+](=O)[O-])c2)c(O)c1. The molecule has 6 heteroatoms. The lowest BCUT2D eigenvalue weighted by atomic mass is 10.2. The summed E-state index contributed by atoms with van der Waals surface area (Å²) in [7, 11) is 1.51. The van der Waals surface area contributed by atoms with E-state index in [2.05, 4.69) is 4.99 Å². The van der Waals surface area contributed by atoms with Crippen LogP contribution in [0, 0.1) is 10.1 Å². The number of nitro benzene ring substituents is 1. The predicted molar refractivity (Wildman–Crippen MR) is 75.0 cm³/mol. The molecule has 2 aromatic rings. The van der Waals surface area contributed by atoms with Gasteiger partial charge >= 0.3 is 0 Å². The molecule has 0 saturated heterocycles. The summed E-state index contributed by atoms with van der Waals surface area (Å²) < 4.78 is 4.98. The van der Waals surface area contributed by atoms with Gasteiger partial charge in [-0.15, -0.1) is 0 Å². The summed E-state index contributed by atoms with van der Waals surface area (Å²) in [4.78, 5) is 14.3. The van der Waals surface area contributed by atoms with Crippen LogP contribution in [-0.4, -0.2) is 23.4 Å². The largest absolute Gasteiger partial charge is 0.507 e. The van der Waals surface area contributed by atoms with Gasteiger partial charge in [-0.3, -0.25) is 15.1 Å². The topological polar surface area (TPSA) is 85.0 Å². The summed E-state index contributed by atoms with van der Waals surface area (Å²) in [5.41, 5.74) is 0.908. The number of nitrogens with zero attached hydrogens (tertiary/aromatic N) is 2. The quantitative estimate of drug-likeness (QED) is 0.526. The summed E-state index contributed by atoms with van der Waals surface area (Å²) in [6, 6.07) is 10.8. The number of benzene rings is 2. The van der Waals surface area contributed by atoms with Crippen molar-refractivity contribution in [3.05, 3.63) is 58.1 Å². The second-order valence-corrected chi connectivity index (χ2v) is 3.96. The molecule has 0 fully saturated rings. The third-order valence-electron chi connectivity index (χ3n) is 2.63. The molecule has 102 valence electrons. The van der Waals surface area contributed by atoms with Crippen molar-refractivity contribution in [1.29, 1.82) is 0 Å². The highest BCUT2D eigenvalue weighted by atomic mass is 16.6. The fourth-order valence-electron chi connectivity index (χ4n) is 1.59. The van der Waals surface area contributed by atoms with Crippen molar-refractivity contribution in [1.82, 2.24) is 0 Å². The van der Waals surface area contributed by atoms with E-state index in [1.54, 1.807) is 24.3 Å². The molecule has 0 bridgehead atoms. The summed E-state index contributed by atoms with van der Waals surface area (Å²) in [6.45, 7) is 0. The van der Waals surface area contributed by atoms with Gasteiger partial charge in [0.15, 0.2) is 0 Å². The lowest BCUT2D eigenvalue weighted by Crippen LogP contribution is -1.87. The lowest BCUT2D eigenvalue weighted by molar-refractivity contribution is -0.384. The third-order valence-corrected chi connectivity index (χ3v) is 2.63. The molecule has 0 radical (unpaired) electrons. The molecule has 0 spiro atoms. The zero-order chi connectivity index (χ0) is 14.5. The van der Waals surface area contributed by atoms with E-state index < -0.39 is 4.92 Å². The highest BCUT2D eigenvalue weighted by Crippen LogP contribution is 2.24. The number of methoxy groups -OCH3 is 1. The number of aliphatic imine (C=N–C) groups is 1. The van der Waals surface area contributed by atoms with Gasteiger partial charge in [0.1, 0.15) is 11.5 Å². The van der Waals surface area contributed by atoms with Gasteiger partial charge in [0.25, 0.3) is 5.69 Å². The summed E-state index contributed by atoms with van der Waals surface area (Å²) in [6.07, 6.45) is 1.44. The Labute approximate surface area is 115 Å². The monoisotopic (exact) mass is 272 g/mol. The minimum atomic E-state index is -0.482. The van der Waals surface area contributed by atoms with E-state index in [9.17, 15) is 15.2 Å². The van der Waals surface area contributed by atoms with Crippen molar-refractivity contribution >= 4 is 17.6 Å². The van der Waals surface area contributed by atoms with Crippen molar-refractivity contribution in [2.24, 2.45) is 4.99 Å². The molecule has 6 nitrogen and oxygen atoms in total. The Hall–Kier alpha value is -2.89. The first kappa shape index (κ1) is 13.5. The molecule has 0 aliphatic carbocycles. The van der Waals surface area contributed by atoms with Crippen LogP contribution in [-0.2, 0) is 0 Å². The number of hydrogen-bond donors (Lipinski definition) is 1. The van der Waals surface area contributed by atoms with Crippen LogP contribution in [0.2, 0.25) is 0 Å². The molecule has 0 heterocycles. The van der Waals surface area contributed by atoms with Gasteiger partial charge in [0, 0.05) is 30.0 Å². The highest BCUT2D eigenvalue weighted by Gasteiger charge is 2.05. The maximum absolute atomic E-state index is 10.7. The lowest BCUT2D eigenvalue weighted by Gasteiger charge is -2.02. The molecule has 0 unspecified atom stereocenters. The minimum Gasteiger partial charge on any atom is -0.507 e. The minimum absolute atomic E-state index is 0.0264. The van der Waals surface area contributed by atoms with Gasteiger partial charge in [0.05, 0.1) is 17.7 Å². The molecule has 0 saturated carbocycles. The molecule has 0 aliphatic rings. The van der Waals surface area contributed by atoms with Gasteiger partial charge in [0.2, 0.25) is 0 Å². The van der Waals surface area contributed by atoms with Crippen LogP contribution >= 0.6 is 0 Å². The molecule has 0 aliphatic heterocycles. The second kappa shape index (κ2) is 5.83. The number of hydrogen-bond acceptors (Lipinski definition) is 5. The van der Waals surface area contributed by atoms with E-state index in [0.29, 0.717) is 17.0 Å². The predicted octanol–water partition coefficient (Wildman–Crippen LogP) is 3.06. The van der Waals surface area contributed by atoms with Crippen LogP contribution in [0.5, 0.6) is 11.5 Å². The number of phenols is 1. The van der Waals surface area contributed by atoms with Crippen molar-refractivity contribution in [3.63, 3.8) is 0 Å². The molecule has 0 amide bonds. The zero-order valence-corrected chi connectivity index (χ0v) is 10.7. The highest BCUT2D eigenvalue weighted by molar-refractivity contribution is 5.85. The van der Waals surface area contributed by atoms with Crippen LogP contribution < -0.4 is 4.74 Å². The normalized spacial score (nSPS) is 10.7. The van der Waals surface area contributed by atoms with E-state index in [-0.39, 0.29) is 11.4 Å². The molecule has 2 aromatic carbocycles. The Balaban J connectivity index is 2.25. The van der Waals surface area contributed by atoms with E-state index in [4.69, 9.17) is 4.74 Å². The molecule has 0 atom stereocenters. The Morgan fingerprint density at radius 1 is 1.30 bits per heavy atom. The van der Waals surface area contributed by atoms with Gasteiger partial charge in [-0.2, -0.15) is 0 Å². The first-order valence-corrected chi connectivity index (χ1v) is 5.75. The van der Waals surface area contributed by atoms with Crippen molar-refractivity contribution < 1.29 is 14.8 Å². The van der Waals surface area contributed by atoms with Crippen molar-refractivity contribution in [2.75, 3.05) is 7.11 Å². The summed E-state index contributed by atoms with van der Waals surface area (Å²) in [5.74, 6) is 0.563. The maximum atomic E-state index is 10.7. The van der Waals surface area contributed by atoms with E-state index in [1.165, 1.54) is 31.5 Å².